The molecule has 2 amide bonds. The number of hydrogen-bond acceptors (Lipinski definition) is 6. The molecule has 0 aliphatic carbocycles. The lowest BCUT2D eigenvalue weighted by Crippen LogP contribution is -2.15. The molecule has 2 aromatic carbocycles. The number of nitrogens with two attached hydrogens (primary N) is 1. The highest BCUT2D eigenvalue weighted by molar-refractivity contribution is 8.00. The highest BCUT2D eigenvalue weighted by atomic mass is 32.2. The SMILES string of the molecule is Cn1ccnc1-c1sc(NC(=O)c2ccccc2SCC(N)=O)nc1-c1ccccc1. The van der Waals surface area contributed by atoms with Gasteiger partial charge in [-0.1, -0.05) is 53.8 Å². The van der Waals surface area contributed by atoms with Crippen LogP contribution in [-0.4, -0.2) is 32.1 Å². The van der Waals surface area contributed by atoms with E-state index in [-0.39, 0.29) is 11.7 Å². The van der Waals surface area contributed by atoms with Crippen molar-refractivity contribution in [2.45, 2.75) is 4.90 Å². The fourth-order valence-corrected chi connectivity index (χ4v) is 4.81. The van der Waals surface area contributed by atoms with Gasteiger partial charge in [0.1, 0.15) is 0 Å². The van der Waals surface area contributed by atoms with E-state index in [1.807, 2.05) is 54.2 Å². The quantitative estimate of drug-likeness (QED) is 0.415. The van der Waals surface area contributed by atoms with Gasteiger partial charge in [-0.2, -0.15) is 0 Å². The zero-order valence-corrected chi connectivity index (χ0v) is 18.2. The van der Waals surface area contributed by atoms with E-state index in [1.165, 1.54) is 23.1 Å². The van der Waals surface area contributed by atoms with Crippen LogP contribution in [0.25, 0.3) is 22.0 Å². The van der Waals surface area contributed by atoms with Crippen molar-refractivity contribution in [3.05, 3.63) is 72.6 Å². The van der Waals surface area contributed by atoms with Crippen molar-refractivity contribution < 1.29 is 9.59 Å². The van der Waals surface area contributed by atoms with Gasteiger partial charge in [-0.15, -0.1) is 11.8 Å². The maximum absolute atomic E-state index is 13.0. The second-order valence-electron chi connectivity index (χ2n) is 6.63. The standard InChI is InChI=1S/C22H19N5O2S2/c1-27-12-11-24-20(27)19-18(14-7-3-2-4-8-14)25-22(31-19)26-21(29)15-9-5-6-10-16(15)30-13-17(23)28/h2-12H,13H2,1H3,(H2,23,28)(H,25,26,29). The lowest BCUT2D eigenvalue weighted by Gasteiger charge is -2.07. The Morgan fingerprint density at radius 3 is 2.58 bits per heavy atom. The molecule has 0 aliphatic heterocycles. The van der Waals surface area contributed by atoms with Gasteiger partial charge < -0.3 is 10.3 Å². The minimum atomic E-state index is -0.438. The maximum atomic E-state index is 13.0. The highest BCUT2D eigenvalue weighted by Gasteiger charge is 2.20. The molecule has 31 heavy (non-hydrogen) atoms. The summed E-state index contributed by atoms with van der Waals surface area (Å²) in [4.78, 5) is 34.8. The number of hydrogen-bond donors (Lipinski definition) is 2. The molecule has 0 bridgehead atoms. The Balaban J connectivity index is 1.67. The van der Waals surface area contributed by atoms with E-state index >= 15 is 0 Å². The molecule has 2 heterocycles. The van der Waals surface area contributed by atoms with Gasteiger partial charge in [-0.3, -0.25) is 14.9 Å². The molecular formula is C22H19N5O2S2. The lowest BCUT2D eigenvalue weighted by molar-refractivity contribution is -0.115. The van der Waals surface area contributed by atoms with Crippen LogP contribution in [0.15, 0.2) is 71.9 Å². The summed E-state index contributed by atoms with van der Waals surface area (Å²) in [7, 11) is 1.92. The largest absolute Gasteiger partial charge is 0.369 e. The average molecular weight is 450 g/mol. The van der Waals surface area contributed by atoms with Crippen LogP contribution in [0, 0.1) is 0 Å². The second-order valence-corrected chi connectivity index (χ2v) is 8.65. The zero-order valence-electron chi connectivity index (χ0n) is 16.6. The number of nitrogens with one attached hydrogen (secondary N) is 1. The minimum Gasteiger partial charge on any atom is -0.369 e. The monoisotopic (exact) mass is 449 g/mol. The van der Waals surface area contributed by atoms with Crippen molar-refractivity contribution in [1.82, 2.24) is 14.5 Å². The van der Waals surface area contributed by atoms with Gasteiger partial charge in [0.2, 0.25) is 5.91 Å². The molecule has 4 rings (SSSR count). The summed E-state index contributed by atoms with van der Waals surface area (Å²) in [6, 6.07) is 16.9. The van der Waals surface area contributed by atoms with Gasteiger partial charge in [-0.25, -0.2) is 9.97 Å². The number of nitrogens with zero attached hydrogens (tertiary/aromatic N) is 3. The molecule has 2 aromatic heterocycles. The number of primary amides is 1. The van der Waals surface area contributed by atoms with Crippen LogP contribution in [0.3, 0.4) is 0 Å². The molecule has 0 spiro atoms. The first-order valence-corrected chi connectivity index (χ1v) is 11.2. The number of carbonyl (C=O) groups is 2. The molecule has 0 saturated carbocycles. The predicted octanol–water partition coefficient (Wildman–Crippen LogP) is 4.04. The first kappa shape index (κ1) is 20.8. The normalized spacial score (nSPS) is 10.7. The highest BCUT2D eigenvalue weighted by Crippen LogP contribution is 2.38. The van der Waals surface area contributed by atoms with Gasteiger partial charge in [0.05, 0.1) is 21.9 Å². The topological polar surface area (TPSA) is 103 Å². The van der Waals surface area contributed by atoms with Crippen LogP contribution in [-0.2, 0) is 11.8 Å². The molecule has 0 saturated heterocycles. The van der Waals surface area contributed by atoms with E-state index in [9.17, 15) is 9.59 Å². The van der Waals surface area contributed by atoms with Gasteiger partial charge in [0.15, 0.2) is 11.0 Å². The van der Waals surface area contributed by atoms with Crippen LogP contribution >= 0.6 is 23.1 Å². The van der Waals surface area contributed by atoms with E-state index in [2.05, 4.69) is 10.3 Å². The van der Waals surface area contributed by atoms with Crippen LogP contribution in [0.4, 0.5) is 5.13 Å². The molecule has 0 radical (unpaired) electrons. The van der Waals surface area contributed by atoms with Gasteiger partial charge in [0, 0.05) is 29.9 Å². The second kappa shape index (κ2) is 9.15. The summed E-state index contributed by atoms with van der Waals surface area (Å²) >= 11 is 2.60. The van der Waals surface area contributed by atoms with Crippen molar-refractivity contribution in [1.29, 1.82) is 0 Å². The number of aryl methyl sites for hydroxylation is 1. The summed E-state index contributed by atoms with van der Waals surface area (Å²) in [6.07, 6.45) is 3.60. The third kappa shape index (κ3) is 4.68. The Morgan fingerprint density at radius 2 is 1.87 bits per heavy atom. The molecule has 7 nitrogen and oxygen atoms in total. The Labute approximate surface area is 187 Å². The lowest BCUT2D eigenvalue weighted by atomic mass is 10.1. The molecule has 0 unspecified atom stereocenters. The van der Waals surface area contributed by atoms with Crippen molar-refractivity contribution in [2.24, 2.45) is 12.8 Å². The smallest absolute Gasteiger partial charge is 0.258 e. The van der Waals surface area contributed by atoms with E-state index in [4.69, 9.17) is 10.7 Å². The number of benzene rings is 2. The predicted molar refractivity (Wildman–Crippen MR) is 124 cm³/mol. The third-order valence-corrected chi connectivity index (χ3v) is 6.48. The first-order valence-electron chi connectivity index (χ1n) is 9.38. The number of thiazole rings is 1. The molecule has 9 heteroatoms. The van der Waals surface area contributed by atoms with E-state index < -0.39 is 5.91 Å². The van der Waals surface area contributed by atoms with Crippen molar-refractivity contribution >= 4 is 40.0 Å². The van der Waals surface area contributed by atoms with Crippen LogP contribution in [0.5, 0.6) is 0 Å². The molecule has 0 fully saturated rings. The average Bonchev–Trinajstić information content (AvgIpc) is 3.38. The van der Waals surface area contributed by atoms with Crippen LogP contribution < -0.4 is 11.1 Å². The fraction of sp³-hybridized carbons (Fsp3) is 0.0909. The summed E-state index contributed by atoms with van der Waals surface area (Å²) in [5.74, 6) is 0.136. The minimum absolute atomic E-state index is 0.100. The van der Waals surface area contributed by atoms with Crippen LogP contribution in [0.1, 0.15) is 10.4 Å². The Hall–Kier alpha value is -3.43. The molecule has 4 aromatic rings. The van der Waals surface area contributed by atoms with Crippen molar-refractivity contribution in [3.63, 3.8) is 0 Å². The molecule has 3 N–H and O–H groups in total. The molecular weight excluding hydrogens is 430 g/mol. The number of imidazole rings is 1. The fourth-order valence-electron chi connectivity index (χ4n) is 2.99. The van der Waals surface area contributed by atoms with Gasteiger partial charge >= 0.3 is 0 Å². The first-order chi connectivity index (χ1) is 15.0. The summed E-state index contributed by atoms with van der Waals surface area (Å²) in [5, 5.41) is 3.37. The number of amides is 2. The molecule has 156 valence electrons. The molecule has 0 atom stereocenters. The summed E-state index contributed by atoms with van der Waals surface area (Å²) in [5.41, 5.74) is 7.40. The number of anilines is 1. The Bertz CT molecular complexity index is 1230. The van der Waals surface area contributed by atoms with Gasteiger partial charge in [0.25, 0.3) is 5.91 Å². The zero-order chi connectivity index (χ0) is 21.8. The summed E-state index contributed by atoms with van der Waals surface area (Å²) < 4.78 is 1.92. The van der Waals surface area contributed by atoms with Gasteiger partial charge in [-0.05, 0) is 12.1 Å². The van der Waals surface area contributed by atoms with E-state index in [0.29, 0.717) is 15.6 Å². The van der Waals surface area contributed by atoms with Crippen molar-refractivity contribution in [3.8, 4) is 22.0 Å². The third-order valence-electron chi connectivity index (χ3n) is 4.42. The Kier molecular flexibility index (Phi) is 6.15. The van der Waals surface area contributed by atoms with Crippen LogP contribution in [0.2, 0.25) is 0 Å². The molecule has 0 aliphatic rings. The van der Waals surface area contributed by atoms with E-state index in [0.717, 1.165) is 22.0 Å². The Morgan fingerprint density at radius 1 is 1.13 bits per heavy atom. The maximum Gasteiger partial charge on any atom is 0.258 e. The van der Waals surface area contributed by atoms with E-state index in [1.54, 1.807) is 24.4 Å². The summed E-state index contributed by atoms with van der Waals surface area (Å²) in [6.45, 7) is 0. The van der Waals surface area contributed by atoms with Crippen molar-refractivity contribution in [2.75, 3.05) is 11.1 Å². The number of aromatic nitrogens is 3. The number of rotatable bonds is 7. The number of carbonyl (C=O) groups excluding carboxylic acids is 2. The number of thioether (sulfide) groups is 1.